The third kappa shape index (κ3) is 3.57. The van der Waals surface area contributed by atoms with Gasteiger partial charge in [-0.05, 0) is 36.2 Å². The minimum Gasteiger partial charge on any atom is -0.493 e. The molecule has 0 amide bonds. The van der Waals surface area contributed by atoms with E-state index in [0.717, 1.165) is 5.56 Å². The van der Waals surface area contributed by atoms with Crippen LogP contribution in [0.1, 0.15) is 28.3 Å². The lowest BCUT2D eigenvalue weighted by molar-refractivity contribution is 0.438. The van der Waals surface area contributed by atoms with Crippen molar-refractivity contribution in [3.05, 3.63) is 107 Å². The van der Waals surface area contributed by atoms with Gasteiger partial charge in [0.2, 0.25) is 5.88 Å². The summed E-state index contributed by atoms with van der Waals surface area (Å²) in [6.07, 6.45) is 4.07. The van der Waals surface area contributed by atoms with E-state index in [0.29, 0.717) is 52.5 Å². The van der Waals surface area contributed by atoms with Crippen LogP contribution in [0, 0.1) is 12.7 Å². The Morgan fingerprint density at radius 2 is 1.77 bits per heavy atom. The molecule has 5 rings (SSSR count). The smallest absolute Gasteiger partial charge is 0.219 e. The van der Waals surface area contributed by atoms with Crippen LogP contribution in [0.5, 0.6) is 5.88 Å². The summed E-state index contributed by atoms with van der Waals surface area (Å²) in [6.45, 7) is 1.72. The largest absolute Gasteiger partial charge is 0.493 e. The Balaban J connectivity index is 1.70. The SMILES string of the molecule is Cc1cccc(-c2cn3c(O)c(Cc4ccco4)nc3c(Cc3ccccc3)n2)c1F. The molecule has 0 aliphatic rings. The van der Waals surface area contributed by atoms with Crippen LogP contribution in [-0.4, -0.2) is 19.5 Å². The summed E-state index contributed by atoms with van der Waals surface area (Å²) in [4.78, 5) is 9.42. The Kier molecular flexibility index (Phi) is 4.75. The minimum absolute atomic E-state index is 0.00239. The molecule has 31 heavy (non-hydrogen) atoms. The summed E-state index contributed by atoms with van der Waals surface area (Å²) in [5.41, 5.74) is 4.10. The van der Waals surface area contributed by atoms with Crippen molar-refractivity contribution in [1.82, 2.24) is 14.4 Å². The monoisotopic (exact) mass is 413 g/mol. The molecule has 2 aromatic carbocycles. The first kappa shape index (κ1) is 19.1. The molecule has 154 valence electrons. The van der Waals surface area contributed by atoms with Gasteiger partial charge in [-0.1, -0.05) is 42.5 Å². The zero-order chi connectivity index (χ0) is 21.4. The molecule has 0 aliphatic heterocycles. The number of imidazole rings is 1. The second-order valence-electron chi connectivity index (χ2n) is 7.50. The highest BCUT2D eigenvalue weighted by Gasteiger charge is 2.20. The Morgan fingerprint density at radius 3 is 2.55 bits per heavy atom. The van der Waals surface area contributed by atoms with Crippen LogP contribution in [0.4, 0.5) is 4.39 Å². The van der Waals surface area contributed by atoms with Gasteiger partial charge < -0.3 is 9.52 Å². The van der Waals surface area contributed by atoms with E-state index in [-0.39, 0.29) is 11.7 Å². The van der Waals surface area contributed by atoms with Gasteiger partial charge in [0.05, 0.1) is 24.1 Å². The maximum atomic E-state index is 14.9. The predicted molar refractivity (Wildman–Crippen MR) is 116 cm³/mol. The number of hydrogen-bond acceptors (Lipinski definition) is 4. The summed E-state index contributed by atoms with van der Waals surface area (Å²) < 4.78 is 21.9. The Hall–Kier alpha value is -3.93. The number of aromatic nitrogens is 3. The van der Waals surface area contributed by atoms with E-state index >= 15 is 0 Å². The summed E-state index contributed by atoms with van der Waals surface area (Å²) in [7, 11) is 0. The number of aryl methyl sites for hydroxylation is 1. The normalized spacial score (nSPS) is 11.3. The van der Waals surface area contributed by atoms with Crippen LogP contribution in [-0.2, 0) is 12.8 Å². The van der Waals surface area contributed by atoms with Crippen molar-refractivity contribution >= 4 is 5.65 Å². The average Bonchev–Trinajstić information content (AvgIpc) is 3.40. The van der Waals surface area contributed by atoms with E-state index in [1.807, 2.05) is 36.4 Å². The first-order valence-electron chi connectivity index (χ1n) is 10.0. The third-order valence-corrected chi connectivity index (χ3v) is 5.32. The van der Waals surface area contributed by atoms with Crippen LogP contribution in [0.15, 0.2) is 77.5 Å². The molecule has 6 heteroatoms. The highest BCUT2D eigenvalue weighted by molar-refractivity contribution is 5.64. The van der Waals surface area contributed by atoms with E-state index in [1.165, 1.54) is 0 Å². The van der Waals surface area contributed by atoms with Gasteiger partial charge in [-0.25, -0.2) is 14.4 Å². The van der Waals surface area contributed by atoms with Crippen LogP contribution in [0.25, 0.3) is 16.9 Å². The van der Waals surface area contributed by atoms with Crippen LogP contribution in [0.3, 0.4) is 0 Å². The fourth-order valence-electron chi connectivity index (χ4n) is 3.72. The molecule has 5 aromatic rings. The van der Waals surface area contributed by atoms with Gasteiger partial charge in [0.15, 0.2) is 5.65 Å². The van der Waals surface area contributed by atoms with E-state index in [2.05, 4.69) is 4.98 Å². The standard InChI is InChI=1S/C25H20FN3O2/c1-16-7-5-11-19(23(16)26)22-15-29-24(20(27-22)13-17-8-3-2-4-9-17)28-21(25(29)30)14-18-10-6-12-31-18/h2-12,15,30H,13-14H2,1H3. The van der Waals surface area contributed by atoms with Crippen LogP contribution < -0.4 is 0 Å². The second-order valence-corrected chi connectivity index (χ2v) is 7.50. The van der Waals surface area contributed by atoms with Gasteiger partial charge >= 0.3 is 0 Å². The zero-order valence-electron chi connectivity index (χ0n) is 16.9. The van der Waals surface area contributed by atoms with Crippen molar-refractivity contribution in [2.45, 2.75) is 19.8 Å². The number of nitrogens with zero attached hydrogens (tertiary/aromatic N) is 3. The molecule has 0 aliphatic carbocycles. The van der Waals surface area contributed by atoms with Crippen molar-refractivity contribution in [3.8, 4) is 17.1 Å². The fraction of sp³-hybridized carbons (Fsp3) is 0.120. The maximum absolute atomic E-state index is 14.9. The predicted octanol–water partition coefficient (Wildman–Crippen LogP) is 5.32. The molecule has 3 aromatic heterocycles. The Bertz CT molecular complexity index is 1360. The van der Waals surface area contributed by atoms with Crippen molar-refractivity contribution in [3.63, 3.8) is 0 Å². The molecule has 0 bridgehead atoms. The number of fused-ring (bicyclic) bond motifs is 1. The molecule has 3 heterocycles. The molecule has 0 saturated carbocycles. The number of furan rings is 1. The molecule has 0 spiro atoms. The molecule has 0 radical (unpaired) electrons. The van der Waals surface area contributed by atoms with Crippen LogP contribution in [0.2, 0.25) is 0 Å². The van der Waals surface area contributed by atoms with Crippen molar-refractivity contribution in [2.24, 2.45) is 0 Å². The molecular formula is C25H20FN3O2. The van der Waals surface area contributed by atoms with Crippen LogP contribution >= 0.6 is 0 Å². The Labute approximate surface area is 178 Å². The van der Waals surface area contributed by atoms with Gasteiger partial charge in [-0.2, -0.15) is 0 Å². The lowest BCUT2D eigenvalue weighted by atomic mass is 10.1. The molecule has 5 nitrogen and oxygen atoms in total. The van der Waals surface area contributed by atoms with E-state index < -0.39 is 0 Å². The quantitative estimate of drug-likeness (QED) is 0.423. The van der Waals surface area contributed by atoms with Crippen molar-refractivity contribution in [2.75, 3.05) is 0 Å². The molecule has 0 saturated heterocycles. The van der Waals surface area contributed by atoms with Gasteiger partial charge in [-0.3, -0.25) is 4.40 Å². The molecule has 1 N–H and O–H groups in total. The van der Waals surface area contributed by atoms with Gasteiger partial charge in [0.1, 0.15) is 17.3 Å². The highest BCUT2D eigenvalue weighted by atomic mass is 19.1. The molecule has 0 unspecified atom stereocenters. The van der Waals surface area contributed by atoms with E-state index in [4.69, 9.17) is 9.40 Å². The van der Waals surface area contributed by atoms with Gasteiger partial charge in [-0.15, -0.1) is 0 Å². The van der Waals surface area contributed by atoms with Crippen molar-refractivity contribution < 1.29 is 13.9 Å². The molecular weight excluding hydrogens is 393 g/mol. The lowest BCUT2D eigenvalue weighted by Crippen LogP contribution is -2.02. The van der Waals surface area contributed by atoms with Gasteiger partial charge in [0, 0.05) is 18.2 Å². The fourth-order valence-corrected chi connectivity index (χ4v) is 3.72. The topological polar surface area (TPSA) is 63.6 Å². The summed E-state index contributed by atoms with van der Waals surface area (Å²) in [5.74, 6) is 0.370. The number of aromatic hydroxyl groups is 1. The maximum Gasteiger partial charge on any atom is 0.219 e. The summed E-state index contributed by atoms with van der Waals surface area (Å²) in [6, 6.07) is 18.7. The number of halogens is 1. The third-order valence-electron chi connectivity index (χ3n) is 5.32. The molecule has 0 fully saturated rings. The Morgan fingerprint density at radius 1 is 0.935 bits per heavy atom. The number of benzene rings is 2. The highest BCUT2D eigenvalue weighted by Crippen LogP contribution is 2.30. The van der Waals surface area contributed by atoms with E-state index in [1.54, 1.807) is 48.0 Å². The molecule has 0 atom stereocenters. The lowest BCUT2D eigenvalue weighted by Gasteiger charge is -2.10. The minimum atomic E-state index is -0.324. The van der Waals surface area contributed by atoms with E-state index in [9.17, 15) is 9.50 Å². The number of rotatable bonds is 5. The van der Waals surface area contributed by atoms with Crippen molar-refractivity contribution in [1.29, 1.82) is 0 Å². The summed E-state index contributed by atoms with van der Waals surface area (Å²) in [5, 5.41) is 10.9. The first-order chi connectivity index (χ1) is 15.1. The average molecular weight is 413 g/mol. The second kappa shape index (κ2) is 7.72. The number of hydrogen-bond donors (Lipinski definition) is 1. The first-order valence-corrected chi connectivity index (χ1v) is 10.0. The zero-order valence-corrected chi connectivity index (χ0v) is 16.9. The summed E-state index contributed by atoms with van der Waals surface area (Å²) >= 11 is 0. The van der Waals surface area contributed by atoms with Gasteiger partial charge in [0.25, 0.3) is 0 Å².